The summed E-state index contributed by atoms with van der Waals surface area (Å²) in [4.78, 5) is 6.51. The Kier molecular flexibility index (Phi) is 4.45. The van der Waals surface area contributed by atoms with Crippen LogP contribution in [0.5, 0.6) is 0 Å². The molecule has 0 aliphatic carbocycles. The lowest BCUT2D eigenvalue weighted by molar-refractivity contribution is 0.550. The zero-order chi connectivity index (χ0) is 12.2. The Bertz CT molecular complexity index is 426. The number of hydrogen-bond donors (Lipinski definition) is 3. The maximum Gasteiger partial charge on any atom is 0.257 e. The minimum absolute atomic E-state index is 0.0775. The lowest BCUT2D eigenvalue weighted by Crippen LogP contribution is -2.37. The van der Waals surface area contributed by atoms with Crippen molar-refractivity contribution in [2.45, 2.75) is 37.8 Å². The highest BCUT2D eigenvalue weighted by Gasteiger charge is 2.16. The first-order chi connectivity index (χ1) is 7.45. The highest BCUT2D eigenvalue weighted by atomic mass is 32.2. The molecule has 6 nitrogen and oxygen atoms in total. The molecule has 7 heteroatoms. The van der Waals surface area contributed by atoms with Gasteiger partial charge in [0.05, 0.1) is 6.20 Å². The van der Waals surface area contributed by atoms with Gasteiger partial charge in [-0.15, -0.1) is 0 Å². The van der Waals surface area contributed by atoms with E-state index in [9.17, 15) is 8.42 Å². The van der Waals surface area contributed by atoms with Gasteiger partial charge in [-0.3, -0.25) is 0 Å². The van der Waals surface area contributed by atoms with Crippen molar-refractivity contribution < 1.29 is 8.42 Å². The summed E-state index contributed by atoms with van der Waals surface area (Å²) in [5.74, 6) is 0.568. The molecule has 0 aliphatic rings. The first kappa shape index (κ1) is 13.1. The Morgan fingerprint density at radius 3 is 2.81 bits per heavy atom. The number of nitrogens with zero attached hydrogens (tertiary/aromatic N) is 1. The molecule has 1 aromatic heterocycles. The number of H-pyrrole nitrogens is 1. The zero-order valence-electron chi connectivity index (χ0n) is 9.53. The van der Waals surface area contributed by atoms with Crippen LogP contribution in [0.1, 0.15) is 25.6 Å². The maximum atomic E-state index is 11.7. The van der Waals surface area contributed by atoms with E-state index in [4.69, 9.17) is 5.73 Å². The van der Waals surface area contributed by atoms with Gasteiger partial charge in [-0.05, 0) is 13.3 Å². The normalized spacial score (nSPS) is 13.9. The van der Waals surface area contributed by atoms with Gasteiger partial charge in [0.15, 0.2) is 5.03 Å². The SMILES string of the molecule is CCCC(N)CNS(=O)(=O)c1cnc(C)[nH]1. The predicted molar refractivity (Wildman–Crippen MR) is 61.4 cm³/mol. The van der Waals surface area contributed by atoms with E-state index in [2.05, 4.69) is 14.7 Å². The molecule has 4 N–H and O–H groups in total. The lowest BCUT2D eigenvalue weighted by Gasteiger charge is -2.10. The van der Waals surface area contributed by atoms with Gasteiger partial charge < -0.3 is 10.7 Å². The number of sulfonamides is 1. The van der Waals surface area contributed by atoms with Crippen LogP contribution in [-0.4, -0.2) is 31.0 Å². The molecule has 0 amide bonds. The fourth-order valence-electron chi connectivity index (χ4n) is 1.30. The molecule has 1 rings (SSSR count). The van der Waals surface area contributed by atoms with Gasteiger partial charge in [-0.25, -0.2) is 18.1 Å². The molecule has 1 unspecified atom stereocenters. The third-order valence-electron chi connectivity index (χ3n) is 2.16. The molecular formula is C9H18N4O2S. The van der Waals surface area contributed by atoms with Crippen LogP contribution in [0.4, 0.5) is 0 Å². The zero-order valence-corrected chi connectivity index (χ0v) is 10.3. The van der Waals surface area contributed by atoms with E-state index in [-0.39, 0.29) is 17.6 Å². The van der Waals surface area contributed by atoms with Gasteiger partial charge in [0, 0.05) is 12.6 Å². The monoisotopic (exact) mass is 246 g/mol. The second kappa shape index (κ2) is 5.42. The minimum atomic E-state index is -3.50. The number of aromatic nitrogens is 2. The number of imidazole rings is 1. The highest BCUT2D eigenvalue weighted by Crippen LogP contribution is 2.04. The maximum absolute atomic E-state index is 11.7. The minimum Gasteiger partial charge on any atom is -0.332 e. The summed E-state index contributed by atoms with van der Waals surface area (Å²) in [6.07, 6.45) is 3.03. The van der Waals surface area contributed by atoms with Crippen LogP contribution in [-0.2, 0) is 10.0 Å². The second-order valence-corrected chi connectivity index (χ2v) is 5.47. The first-order valence-electron chi connectivity index (χ1n) is 5.22. The summed E-state index contributed by atoms with van der Waals surface area (Å²) < 4.78 is 25.9. The van der Waals surface area contributed by atoms with E-state index in [1.165, 1.54) is 6.20 Å². The molecule has 16 heavy (non-hydrogen) atoms. The molecule has 92 valence electrons. The van der Waals surface area contributed by atoms with Gasteiger partial charge in [0.2, 0.25) is 0 Å². The number of rotatable bonds is 6. The van der Waals surface area contributed by atoms with Crippen molar-refractivity contribution in [2.75, 3.05) is 6.54 Å². The highest BCUT2D eigenvalue weighted by molar-refractivity contribution is 7.89. The second-order valence-electron chi connectivity index (χ2n) is 3.73. The summed E-state index contributed by atoms with van der Waals surface area (Å²) in [5, 5.41) is 0.0775. The van der Waals surface area contributed by atoms with E-state index in [0.29, 0.717) is 5.82 Å². The number of aromatic amines is 1. The molecule has 0 aromatic carbocycles. The van der Waals surface area contributed by atoms with Crippen molar-refractivity contribution >= 4 is 10.0 Å². The molecule has 0 saturated heterocycles. The van der Waals surface area contributed by atoms with Crippen molar-refractivity contribution in [2.24, 2.45) is 5.73 Å². The number of aryl methyl sites for hydroxylation is 1. The van der Waals surface area contributed by atoms with Crippen LogP contribution in [0.2, 0.25) is 0 Å². The van der Waals surface area contributed by atoms with Crippen LogP contribution in [0.15, 0.2) is 11.2 Å². The average molecular weight is 246 g/mol. The summed E-state index contributed by atoms with van der Waals surface area (Å²) in [7, 11) is -3.50. The first-order valence-corrected chi connectivity index (χ1v) is 6.71. The Hall–Kier alpha value is -0.920. The summed E-state index contributed by atoms with van der Waals surface area (Å²) in [6, 6.07) is -0.149. The summed E-state index contributed by atoms with van der Waals surface area (Å²) >= 11 is 0. The number of hydrogen-bond acceptors (Lipinski definition) is 4. The molecule has 1 heterocycles. The standard InChI is InChI=1S/C9H18N4O2S/c1-3-4-8(10)5-12-16(14,15)9-6-11-7(2)13-9/h6,8,12H,3-5,10H2,1-2H3,(H,11,13). The molecule has 1 atom stereocenters. The lowest BCUT2D eigenvalue weighted by atomic mass is 10.2. The van der Waals surface area contributed by atoms with Crippen LogP contribution in [0, 0.1) is 6.92 Å². The van der Waals surface area contributed by atoms with Gasteiger partial charge in [-0.1, -0.05) is 13.3 Å². The van der Waals surface area contributed by atoms with Gasteiger partial charge in [-0.2, -0.15) is 0 Å². The Morgan fingerprint density at radius 2 is 2.31 bits per heavy atom. The molecule has 0 bridgehead atoms. The summed E-state index contributed by atoms with van der Waals surface area (Å²) in [5.41, 5.74) is 5.72. The Balaban J connectivity index is 2.59. The molecule has 0 aliphatic heterocycles. The van der Waals surface area contributed by atoms with E-state index >= 15 is 0 Å². The average Bonchev–Trinajstić information content (AvgIpc) is 2.63. The van der Waals surface area contributed by atoms with E-state index < -0.39 is 10.0 Å². The largest absolute Gasteiger partial charge is 0.332 e. The van der Waals surface area contributed by atoms with Crippen LogP contribution in [0.25, 0.3) is 0 Å². The molecule has 0 spiro atoms. The van der Waals surface area contributed by atoms with Crippen molar-refractivity contribution in [3.63, 3.8) is 0 Å². The smallest absolute Gasteiger partial charge is 0.257 e. The third kappa shape index (κ3) is 3.58. The van der Waals surface area contributed by atoms with Crippen LogP contribution < -0.4 is 10.5 Å². The predicted octanol–water partition coefficient (Wildman–Crippen LogP) is 0.124. The van der Waals surface area contributed by atoms with Gasteiger partial charge >= 0.3 is 0 Å². The molecular weight excluding hydrogens is 228 g/mol. The Labute approximate surface area is 95.7 Å². The summed E-state index contributed by atoms with van der Waals surface area (Å²) in [6.45, 7) is 3.95. The van der Waals surface area contributed by atoms with E-state index in [0.717, 1.165) is 12.8 Å². The topological polar surface area (TPSA) is 101 Å². The van der Waals surface area contributed by atoms with Crippen LogP contribution in [0.3, 0.4) is 0 Å². The third-order valence-corrected chi connectivity index (χ3v) is 3.50. The van der Waals surface area contributed by atoms with Crippen molar-refractivity contribution in [1.29, 1.82) is 0 Å². The quantitative estimate of drug-likeness (QED) is 0.663. The molecule has 0 radical (unpaired) electrons. The van der Waals surface area contributed by atoms with E-state index in [1.54, 1.807) is 6.92 Å². The van der Waals surface area contributed by atoms with Gasteiger partial charge in [0.25, 0.3) is 10.0 Å². The fourth-order valence-corrected chi connectivity index (χ4v) is 2.36. The Morgan fingerprint density at radius 1 is 1.62 bits per heavy atom. The number of nitrogens with one attached hydrogen (secondary N) is 2. The molecule has 0 saturated carbocycles. The fraction of sp³-hybridized carbons (Fsp3) is 0.667. The molecule has 0 fully saturated rings. The van der Waals surface area contributed by atoms with E-state index in [1.807, 2.05) is 6.92 Å². The van der Waals surface area contributed by atoms with Crippen LogP contribution >= 0.6 is 0 Å². The van der Waals surface area contributed by atoms with Crippen molar-refractivity contribution in [1.82, 2.24) is 14.7 Å². The molecule has 1 aromatic rings. The van der Waals surface area contributed by atoms with Crippen molar-refractivity contribution in [3.8, 4) is 0 Å². The van der Waals surface area contributed by atoms with Crippen molar-refractivity contribution in [3.05, 3.63) is 12.0 Å². The number of nitrogens with two attached hydrogens (primary N) is 1. The van der Waals surface area contributed by atoms with Gasteiger partial charge in [0.1, 0.15) is 5.82 Å².